The molecule has 1 aromatic carbocycles. The number of carbonyl (C=O) groups excluding carboxylic acids is 1. The Bertz CT molecular complexity index is 432. The smallest absolute Gasteiger partial charge is 0.314 e. The van der Waals surface area contributed by atoms with E-state index in [0.717, 1.165) is 22.6 Å². The lowest BCUT2D eigenvalue weighted by atomic mass is 10.0. The minimum Gasteiger partial charge on any atom is -0.497 e. The predicted octanol–water partition coefficient (Wildman–Crippen LogP) is 1.57. The van der Waals surface area contributed by atoms with Crippen molar-refractivity contribution in [2.75, 3.05) is 27.8 Å². The Balaban J connectivity index is 2.90. The first kappa shape index (κ1) is 14.2. The Morgan fingerprint density at radius 3 is 2.50 bits per heavy atom. The minimum absolute atomic E-state index is 0.430. The summed E-state index contributed by atoms with van der Waals surface area (Å²) in [5.74, 6) is 1.53. The van der Waals surface area contributed by atoms with Gasteiger partial charge in [-0.2, -0.15) is 0 Å². The molecule has 0 saturated carbocycles. The zero-order chi connectivity index (χ0) is 13.7. The number of urea groups is 1. The van der Waals surface area contributed by atoms with Gasteiger partial charge in [0.05, 0.1) is 14.2 Å². The number of nitrogens with two attached hydrogens (primary N) is 1. The van der Waals surface area contributed by atoms with Crippen molar-refractivity contribution in [3.63, 3.8) is 0 Å². The molecule has 0 aliphatic rings. The average molecular weight is 252 g/mol. The molecule has 0 aliphatic heterocycles. The van der Waals surface area contributed by atoms with Gasteiger partial charge in [-0.05, 0) is 30.5 Å². The van der Waals surface area contributed by atoms with Crippen LogP contribution in [0.15, 0.2) is 12.1 Å². The van der Waals surface area contributed by atoms with Crippen molar-refractivity contribution >= 4 is 6.03 Å². The third-order valence-corrected chi connectivity index (χ3v) is 2.93. The molecule has 2 amide bonds. The van der Waals surface area contributed by atoms with Crippen molar-refractivity contribution in [3.05, 3.63) is 23.3 Å². The van der Waals surface area contributed by atoms with Gasteiger partial charge < -0.3 is 20.1 Å². The summed E-state index contributed by atoms with van der Waals surface area (Å²) < 4.78 is 10.5. The summed E-state index contributed by atoms with van der Waals surface area (Å²) in [4.78, 5) is 12.4. The van der Waals surface area contributed by atoms with Crippen LogP contribution in [0.5, 0.6) is 11.5 Å². The van der Waals surface area contributed by atoms with Crippen LogP contribution in [-0.2, 0) is 6.42 Å². The Morgan fingerprint density at radius 2 is 2.00 bits per heavy atom. The van der Waals surface area contributed by atoms with E-state index in [1.165, 1.54) is 4.90 Å². The summed E-state index contributed by atoms with van der Waals surface area (Å²) in [5, 5.41) is 0. The van der Waals surface area contributed by atoms with Gasteiger partial charge in [0.25, 0.3) is 0 Å². The summed E-state index contributed by atoms with van der Waals surface area (Å²) in [6, 6.07) is 3.36. The highest BCUT2D eigenvalue weighted by molar-refractivity contribution is 5.71. The van der Waals surface area contributed by atoms with Crippen LogP contribution in [0.1, 0.15) is 11.1 Å². The van der Waals surface area contributed by atoms with Gasteiger partial charge in [-0.3, -0.25) is 0 Å². The van der Waals surface area contributed by atoms with Crippen LogP contribution in [0.3, 0.4) is 0 Å². The average Bonchev–Trinajstić information content (AvgIpc) is 2.35. The van der Waals surface area contributed by atoms with E-state index in [9.17, 15) is 4.79 Å². The number of carbonyl (C=O) groups is 1. The van der Waals surface area contributed by atoms with Crippen molar-refractivity contribution in [1.82, 2.24) is 4.90 Å². The molecule has 0 bridgehead atoms. The highest BCUT2D eigenvalue weighted by atomic mass is 16.5. The van der Waals surface area contributed by atoms with Gasteiger partial charge in [-0.15, -0.1) is 0 Å². The Labute approximate surface area is 107 Å². The molecule has 2 N–H and O–H groups in total. The number of ether oxygens (including phenoxy) is 2. The Hall–Kier alpha value is -1.91. The van der Waals surface area contributed by atoms with Gasteiger partial charge in [-0.25, -0.2) is 4.79 Å². The molecule has 100 valence electrons. The van der Waals surface area contributed by atoms with Crippen molar-refractivity contribution < 1.29 is 14.3 Å². The molecule has 1 rings (SSSR count). The van der Waals surface area contributed by atoms with Crippen LogP contribution in [-0.4, -0.2) is 38.7 Å². The highest BCUT2D eigenvalue weighted by Gasteiger charge is 2.11. The maximum Gasteiger partial charge on any atom is 0.314 e. The van der Waals surface area contributed by atoms with Crippen molar-refractivity contribution in [3.8, 4) is 11.5 Å². The van der Waals surface area contributed by atoms with E-state index in [1.807, 2.05) is 19.1 Å². The molecular weight excluding hydrogens is 232 g/mol. The molecule has 5 heteroatoms. The maximum absolute atomic E-state index is 11.0. The number of benzene rings is 1. The standard InChI is InChI=1S/C13H20N2O3/c1-9-7-10(17-3)8-12(18-4)11(9)5-6-15(2)13(14)16/h7-8H,5-6H2,1-4H3,(H2,14,16). The second kappa shape index (κ2) is 6.14. The molecule has 0 spiro atoms. The molecule has 0 atom stereocenters. The second-order valence-corrected chi connectivity index (χ2v) is 4.13. The number of aryl methyl sites for hydroxylation is 1. The lowest BCUT2D eigenvalue weighted by molar-refractivity contribution is 0.219. The van der Waals surface area contributed by atoms with Gasteiger partial charge in [0.2, 0.25) is 0 Å². The minimum atomic E-state index is -0.430. The quantitative estimate of drug-likeness (QED) is 0.865. The topological polar surface area (TPSA) is 64.8 Å². The summed E-state index contributed by atoms with van der Waals surface area (Å²) in [6.07, 6.45) is 0.693. The van der Waals surface area contributed by atoms with Crippen LogP contribution >= 0.6 is 0 Å². The van der Waals surface area contributed by atoms with E-state index in [0.29, 0.717) is 13.0 Å². The molecule has 18 heavy (non-hydrogen) atoms. The lowest BCUT2D eigenvalue weighted by Crippen LogP contribution is -2.33. The van der Waals surface area contributed by atoms with E-state index in [2.05, 4.69) is 0 Å². The van der Waals surface area contributed by atoms with Crippen LogP contribution in [0.4, 0.5) is 4.79 Å². The van der Waals surface area contributed by atoms with E-state index < -0.39 is 6.03 Å². The van der Waals surface area contributed by atoms with Gasteiger partial charge in [0.15, 0.2) is 0 Å². The first-order valence-corrected chi connectivity index (χ1v) is 5.71. The van der Waals surface area contributed by atoms with Crippen LogP contribution in [0.2, 0.25) is 0 Å². The largest absolute Gasteiger partial charge is 0.497 e. The van der Waals surface area contributed by atoms with Gasteiger partial charge in [0.1, 0.15) is 11.5 Å². The molecule has 0 unspecified atom stereocenters. The van der Waals surface area contributed by atoms with Gasteiger partial charge in [0, 0.05) is 19.7 Å². The second-order valence-electron chi connectivity index (χ2n) is 4.13. The van der Waals surface area contributed by atoms with Crippen molar-refractivity contribution in [2.24, 2.45) is 5.73 Å². The molecule has 0 fully saturated rings. The predicted molar refractivity (Wildman–Crippen MR) is 70.2 cm³/mol. The summed E-state index contributed by atoms with van der Waals surface area (Å²) in [6.45, 7) is 2.55. The fourth-order valence-corrected chi connectivity index (χ4v) is 1.76. The van der Waals surface area contributed by atoms with E-state index >= 15 is 0 Å². The first-order valence-electron chi connectivity index (χ1n) is 5.71. The van der Waals surface area contributed by atoms with Gasteiger partial charge in [-0.1, -0.05) is 0 Å². The lowest BCUT2D eigenvalue weighted by Gasteiger charge is -2.17. The Kier molecular flexibility index (Phi) is 4.83. The van der Waals surface area contributed by atoms with Crippen LogP contribution in [0, 0.1) is 6.92 Å². The van der Waals surface area contributed by atoms with E-state index in [4.69, 9.17) is 15.2 Å². The first-order chi connectivity index (χ1) is 8.49. The summed E-state index contributed by atoms with van der Waals surface area (Å²) in [7, 11) is 4.91. The highest BCUT2D eigenvalue weighted by Crippen LogP contribution is 2.28. The number of hydrogen-bond acceptors (Lipinski definition) is 3. The third kappa shape index (κ3) is 3.29. The number of hydrogen-bond donors (Lipinski definition) is 1. The molecule has 0 aromatic heterocycles. The maximum atomic E-state index is 11.0. The number of primary amides is 1. The fourth-order valence-electron chi connectivity index (χ4n) is 1.76. The normalized spacial score (nSPS) is 10.0. The van der Waals surface area contributed by atoms with Crippen LogP contribution in [0.25, 0.3) is 0 Å². The van der Waals surface area contributed by atoms with Crippen molar-refractivity contribution in [1.29, 1.82) is 0 Å². The van der Waals surface area contributed by atoms with Crippen molar-refractivity contribution in [2.45, 2.75) is 13.3 Å². The third-order valence-electron chi connectivity index (χ3n) is 2.93. The number of nitrogens with zero attached hydrogens (tertiary/aromatic N) is 1. The van der Waals surface area contributed by atoms with E-state index in [1.54, 1.807) is 21.3 Å². The SMILES string of the molecule is COc1cc(C)c(CCN(C)C(N)=O)c(OC)c1. The van der Waals surface area contributed by atoms with E-state index in [-0.39, 0.29) is 0 Å². The zero-order valence-electron chi connectivity index (χ0n) is 11.3. The molecule has 0 saturated heterocycles. The number of rotatable bonds is 5. The number of likely N-dealkylation sites (N-methyl/N-ethyl adjacent to an activating group) is 1. The van der Waals surface area contributed by atoms with Crippen LogP contribution < -0.4 is 15.2 Å². The number of amides is 2. The monoisotopic (exact) mass is 252 g/mol. The number of methoxy groups -OCH3 is 2. The summed E-state index contributed by atoms with van der Waals surface area (Å²) in [5.41, 5.74) is 7.32. The molecular formula is C13H20N2O3. The van der Waals surface area contributed by atoms with Gasteiger partial charge >= 0.3 is 6.03 Å². The molecule has 0 radical (unpaired) electrons. The molecule has 0 heterocycles. The fraction of sp³-hybridized carbons (Fsp3) is 0.462. The molecule has 0 aliphatic carbocycles. The Morgan fingerprint density at radius 1 is 1.33 bits per heavy atom. The summed E-state index contributed by atoms with van der Waals surface area (Å²) >= 11 is 0. The molecule has 5 nitrogen and oxygen atoms in total. The zero-order valence-corrected chi connectivity index (χ0v) is 11.3. The molecule has 1 aromatic rings.